The second-order valence-corrected chi connectivity index (χ2v) is 5.69. The maximum absolute atomic E-state index is 14.0. The number of halogens is 1. The van der Waals surface area contributed by atoms with Gasteiger partial charge in [-0.05, 0) is 25.1 Å². The van der Waals surface area contributed by atoms with E-state index in [9.17, 15) is 9.50 Å². The SMILES string of the molecule is CC(O)c1nc(-c2nn(Cc3ccccc3F)c3ncccc23)n[nH]1. The van der Waals surface area contributed by atoms with Crippen LogP contribution < -0.4 is 0 Å². The van der Waals surface area contributed by atoms with E-state index in [0.29, 0.717) is 28.6 Å². The van der Waals surface area contributed by atoms with Crippen molar-refractivity contribution in [2.24, 2.45) is 0 Å². The summed E-state index contributed by atoms with van der Waals surface area (Å²) in [6, 6.07) is 10.2. The molecule has 7 nitrogen and oxygen atoms in total. The van der Waals surface area contributed by atoms with Crippen LogP contribution in [-0.4, -0.2) is 35.1 Å². The zero-order chi connectivity index (χ0) is 17.4. The molecule has 1 atom stereocenters. The van der Waals surface area contributed by atoms with Gasteiger partial charge in [-0.1, -0.05) is 18.2 Å². The van der Waals surface area contributed by atoms with Crippen molar-refractivity contribution in [2.75, 3.05) is 0 Å². The molecule has 0 aliphatic rings. The van der Waals surface area contributed by atoms with Gasteiger partial charge < -0.3 is 5.11 Å². The normalized spacial score (nSPS) is 12.6. The van der Waals surface area contributed by atoms with Gasteiger partial charge in [-0.3, -0.25) is 5.10 Å². The first-order valence-corrected chi connectivity index (χ1v) is 7.79. The zero-order valence-electron chi connectivity index (χ0n) is 13.4. The van der Waals surface area contributed by atoms with E-state index in [4.69, 9.17) is 0 Å². The van der Waals surface area contributed by atoms with E-state index in [1.165, 1.54) is 6.07 Å². The lowest BCUT2D eigenvalue weighted by molar-refractivity contribution is 0.189. The molecule has 1 aromatic carbocycles. The standard InChI is InChI=1S/C17H15FN6O/c1-10(25)15-20-16(22-21-15)14-12-6-4-8-19-17(12)24(23-14)9-11-5-2-3-7-13(11)18/h2-8,10,25H,9H2,1H3,(H,20,21,22). The molecule has 0 fully saturated rings. The summed E-state index contributed by atoms with van der Waals surface area (Å²) in [6.45, 7) is 1.84. The van der Waals surface area contributed by atoms with Crippen LogP contribution in [0, 0.1) is 5.82 Å². The van der Waals surface area contributed by atoms with E-state index in [0.717, 1.165) is 5.39 Å². The monoisotopic (exact) mass is 338 g/mol. The minimum atomic E-state index is -0.758. The van der Waals surface area contributed by atoms with Gasteiger partial charge in [-0.2, -0.15) is 10.2 Å². The Morgan fingerprint density at radius 2 is 2.08 bits per heavy atom. The summed E-state index contributed by atoms with van der Waals surface area (Å²) in [6.07, 6.45) is 0.899. The average Bonchev–Trinajstić information content (AvgIpc) is 3.22. The Hall–Kier alpha value is -3.13. The molecule has 25 heavy (non-hydrogen) atoms. The number of fused-ring (bicyclic) bond motifs is 1. The topological polar surface area (TPSA) is 92.5 Å². The van der Waals surface area contributed by atoms with Gasteiger partial charge in [0, 0.05) is 11.8 Å². The number of aromatic amines is 1. The van der Waals surface area contributed by atoms with Crippen molar-refractivity contribution in [2.45, 2.75) is 19.6 Å². The molecule has 3 heterocycles. The van der Waals surface area contributed by atoms with Crippen molar-refractivity contribution >= 4 is 11.0 Å². The van der Waals surface area contributed by atoms with Crippen LogP contribution >= 0.6 is 0 Å². The molecule has 1 unspecified atom stereocenters. The first kappa shape index (κ1) is 15.4. The van der Waals surface area contributed by atoms with Crippen molar-refractivity contribution < 1.29 is 9.50 Å². The highest BCUT2D eigenvalue weighted by Gasteiger charge is 2.18. The molecule has 0 bridgehead atoms. The summed E-state index contributed by atoms with van der Waals surface area (Å²) in [5, 5.41) is 21.7. The fraction of sp³-hybridized carbons (Fsp3) is 0.176. The average molecular weight is 338 g/mol. The maximum atomic E-state index is 14.0. The van der Waals surface area contributed by atoms with Gasteiger partial charge in [-0.15, -0.1) is 0 Å². The number of aliphatic hydroxyl groups is 1. The van der Waals surface area contributed by atoms with Crippen molar-refractivity contribution in [3.63, 3.8) is 0 Å². The van der Waals surface area contributed by atoms with E-state index in [1.807, 2.05) is 6.07 Å². The third-order valence-electron chi connectivity index (χ3n) is 3.90. The maximum Gasteiger partial charge on any atom is 0.202 e. The molecule has 126 valence electrons. The Balaban J connectivity index is 1.82. The summed E-state index contributed by atoms with van der Waals surface area (Å²) >= 11 is 0. The van der Waals surface area contributed by atoms with Crippen LogP contribution in [0.2, 0.25) is 0 Å². The highest BCUT2D eigenvalue weighted by molar-refractivity contribution is 5.89. The lowest BCUT2D eigenvalue weighted by Gasteiger charge is -2.04. The van der Waals surface area contributed by atoms with Crippen LogP contribution in [0.4, 0.5) is 4.39 Å². The molecule has 0 saturated carbocycles. The van der Waals surface area contributed by atoms with Gasteiger partial charge in [0.15, 0.2) is 11.5 Å². The number of pyridine rings is 1. The Bertz CT molecular complexity index is 1040. The number of rotatable bonds is 4. The molecular formula is C17H15FN6O. The molecule has 0 amide bonds. The summed E-state index contributed by atoms with van der Waals surface area (Å²) in [5.41, 5.74) is 1.66. The third kappa shape index (κ3) is 2.76. The number of H-pyrrole nitrogens is 1. The molecule has 3 aromatic heterocycles. The fourth-order valence-electron chi connectivity index (χ4n) is 2.64. The molecule has 0 saturated heterocycles. The Morgan fingerprint density at radius 3 is 2.84 bits per heavy atom. The van der Waals surface area contributed by atoms with Gasteiger partial charge in [0.1, 0.15) is 17.6 Å². The smallest absolute Gasteiger partial charge is 0.202 e. The predicted octanol–water partition coefficient (Wildman–Crippen LogP) is 2.46. The van der Waals surface area contributed by atoms with Crippen LogP contribution in [0.1, 0.15) is 24.4 Å². The van der Waals surface area contributed by atoms with E-state index in [-0.39, 0.29) is 12.4 Å². The van der Waals surface area contributed by atoms with Crippen LogP contribution in [0.5, 0.6) is 0 Å². The number of nitrogens with zero attached hydrogens (tertiary/aromatic N) is 5. The van der Waals surface area contributed by atoms with Crippen LogP contribution in [0.15, 0.2) is 42.6 Å². The van der Waals surface area contributed by atoms with Gasteiger partial charge in [0.25, 0.3) is 0 Å². The molecular weight excluding hydrogens is 323 g/mol. The molecule has 2 N–H and O–H groups in total. The number of hydrogen-bond acceptors (Lipinski definition) is 5. The highest BCUT2D eigenvalue weighted by atomic mass is 19.1. The van der Waals surface area contributed by atoms with E-state index in [1.54, 1.807) is 42.1 Å². The first-order valence-electron chi connectivity index (χ1n) is 7.79. The van der Waals surface area contributed by atoms with Gasteiger partial charge in [0.05, 0.1) is 11.9 Å². The summed E-state index contributed by atoms with van der Waals surface area (Å²) in [5.74, 6) is 0.426. The Kier molecular flexibility index (Phi) is 3.73. The minimum absolute atomic E-state index is 0.244. The minimum Gasteiger partial charge on any atom is -0.385 e. The largest absolute Gasteiger partial charge is 0.385 e. The number of hydrogen-bond donors (Lipinski definition) is 2. The van der Waals surface area contributed by atoms with E-state index < -0.39 is 6.10 Å². The predicted molar refractivity (Wildman–Crippen MR) is 89.0 cm³/mol. The second kappa shape index (κ2) is 6.06. The summed E-state index contributed by atoms with van der Waals surface area (Å²) in [7, 11) is 0. The molecule has 0 radical (unpaired) electrons. The fourth-order valence-corrected chi connectivity index (χ4v) is 2.64. The quantitative estimate of drug-likeness (QED) is 0.596. The van der Waals surface area contributed by atoms with Crippen LogP contribution in [0.25, 0.3) is 22.6 Å². The van der Waals surface area contributed by atoms with E-state index >= 15 is 0 Å². The molecule has 0 aliphatic carbocycles. The van der Waals surface area contributed by atoms with Crippen molar-refractivity contribution in [3.05, 3.63) is 59.8 Å². The van der Waals surface area contributed by atoms with Crippen LogP contribution in [-0.2, 0) is 6.54 Å². The van der Waals surface area contributed by atoms with Crippen molar-refractivity contribution in [3.8, 4) is 11.5 Å². The van der Waals surface area contributed by atoms with Crippen molar-refractivity contribution in [1.82, 2.24) is 29.9 Å². The summed E-state index contributed by atoms with van der Waals surface area (Å²) < 4.78 is 15.6. The molecule has 0 spiro atoms. The zero-order valence-corrected chi connectivity index (χ0v) is 13.4. The summed E-state index contributed by atoms with van der Waals surface area (Å²) in [4.78, 5) is 8.63. The van der Waals surface area contributed by atoms with Gasteiger partial charge >= 0.3 is 0 Å². The highest BCUT2D eigenvalue weighted by Crippen LogP contribution is 2.25. The van der Waals surface area contributed by atoms with Crippen LogP contribution in [0.3, 0.4) is 0 Å². The van der Waals surface area contributed by atoms with Gasteiger partial charge in [-0.25, -0.2) is 19.0 Å². The molecule has 4 rings (SSSR count). The third-order valence-corrected chi connectivity index (χ3v) is 3.90. The molecule has 0 aliphatic heterocycles. The van der Waals surface area contributed by atoms with E-state index in [2.05, 4.69) is 25.3 Å². The lowest BCUT2D eigenvalue weighted by Crippen LogP contribution is -2.04. The molecule has 8 heteroatoms. The number of nitrogens with one attached hydrogen (secondary N) is 1. The second-order valence-electron chi connectivity index (χ2n) is 5.69. The number of aliphatic hydroxyl groups excluding tert-OH is 1. The number of aromatic nitrogens is 6. The lowest BCUT2D eigenvalue weighted by atomic mass is 10.2. The van der Waals surface area contributed by atoms with Crippen molar-refractivity contribution in [1.29, 1.82) is 0 Å². The Labute approximate surface area is 142 Å². The Morgan fingerprint density at radius 1 is 1.24 bits per heavy atom. The first-order chi connectivity index (χ1) is 12.1. The van der Waals surface area contributed by atoms with Gasteiger partial charge in [0.2, 0.25) is 5.82 Å². The molecule has 4 aromatic rings. The number of benzene rings is 1.